The Bertz CT molecular complexity index is 2670. The monoisotopic (exact) mass is 788 g/mol. The van der Waals surface area contributed by atoms with E-state index in [9.17, 15) is 14.7 Å². The quantitative estimate of drug-likeness (QED) is 0.117. The number of para-hydroxylation sites is 2. The van der Waals surface area contributed by atoms with Crippen LogP contribution in [0.3, 0.4) is 0 Å². The van der Waals surface area contributed by atoms with E-state index in [4.69, 9.17) is 14.2 Å². The van der Waals surface area contributed by atoms with Gasteiger partial charge in [0.05, 0.1) is 17.7 Å². The number of benzene rings is 8. The molecule has 8 rings (SSSR count). The Kier molecular flexibility index (Phi) is 13.6. The van der Waals surface area contributed by atoms with Crippen molar-refractivity contribution in [2.75, 3.05) is 6.61 Å². The van der Waals surface area contributed by atoms with Gasteiger partial charge in [-0.05, 0) is 87.8 Å². The van der Waals surface area contributed by atoms with Crippen LogP contribution in [-0.2, 0) is 18.0 Å². The number of carboxylic acid groups (broad SMARTS) is 1. The minimum atomic E-state index is -0.934. The molecule has 0 spiro atoms. The summed E-state index contributed by atoms with van der Waals surface area (Å²) in [4.78, 5) is 23.6. The molecule has 296 valence electrons. The van der Waals surface area contributed by atoms with Crippen LogP contribution in [0.15, 0.2) is 206 Å². The molecule has 0 saturated carbocycles. The molecule has 0 bridgehead atoms. The maximum atomic E-state index is 12.2. The van der Waals surface area contributed by atoms with E-state index in [1.807, 2.05) is 159 Å². The molecule has 8 aromatic carbocycles. The minimum Gasteiger partial charge on any atom is -0.488 e. The Morgan fingerprint density at radius 1 is 0.417 bits per heavy atom. The highest BCUT2D eigenvalue weighted by Gasteiger charge is 2.15. The van der Waals surface area contributed by atoms with Gasteiger partial charge in [-0.3, -0.25) is 0 Å². The first-order valence-corrected chi connectivity index (χ1v) is 19.8. The van der Waals surface area contributed by atoms with E-state index in [1.54, 1.807) is 24.3 Å². The smallest absolute Gasteiger partial charge is 0.338 e. The van der Waals surface area contributed by atoms with E-state index in [2.05, 4.69) is 30.3 Å². The third-order valence-electron chi connectivity index (χ3n) is 9.79. The summed E-state index contributed by atoms with van der Waals surface area (Å²) in [6.07, 6.45) is 0. The van der Waals surface area contributed by atoms with E-state index in [0.29, 0.717) is 25.4 Å². The van der Waals surface area contributed by atoms with Gasteiger partial charge < -0.3 is 19.3 Å². The molecule has 0 unspecified atom stereocenters. The topological polar surface area (TPSA) is 82.1 Å². The van der Waals surface area contributed by atoms with Gasteiger partial charge in [0.15, 0.2) is 0 Å². The molecule has 8 aromatic rings. The predicted octanol–water partition coefficient (Wildman–Crippen LogP) is 13.1. The summed E-state index contributed by atoms with van der Waals surface area (Å²) < 4.78 is 17.5. The zero-order chi connectivity index (χ0) is 41.5. The maximum absolute atomic E-state index is 12.2. The number of hydrogen-bond donors (Lipinski definition) is 1. The number of carbonyl (C=O) groups excluding carboxylic acids is 1. The van der Waals surface area contributed by atoms with Crippen LogP contribution in [0.4, 0.5) is 0 Å². The lowest BCUT2D eigenvalue weighted by molar-refractivity contribution is 0.0525. The normalized spacial score (nSPS) is 10.5. The zero-order valence-electron chi connectivity index (χ0n) is 33.2. The van der Waals surface area contributed by atoms with Crippen LogP contribution in [0.25, 0.3) is 44.5 Å². The number of carbonyl (C=O) groups is 2. The fourth-order valence-corrected chi connectivity index (χ4v) is 6.89. The summed E-state index contributed by atoms with van der Waals surface area (Å²) in [5, 5.41) is 9.34. The second-order valence-electron chi connectivity index (χ2n) is 13.8. The number of rotatable bonds is 13. The third kappa shape index (κ3) is 10.2. The van der Waals surface area contributed by atoms with Gasteiger partial charge in [0, 0.05) is 11.1 Å². The van der Waals surface area contributed by atoms with Crippen LogP contribution in [-0.4, -0.2) is 23.7 Å². The second-order valence-corrected chi connectivity index (χ2v) is 13.8. The lowest BCUT2D eigenvalue weighted by atomic mass is 9.93. The van der Waals surface area contributed by atoms with Crippen molar-refractivity contribution < 1.29 is 28.9 Å². The molecule has 0 aliphatic carbocycles. The lowest BCUT2D eigenvalue weighted by Gasteiger charge is -2.15. The molecule has 0 atom stereocenters. The Morgan fingerprint density at radius 2 is 0.800 bits per heavy atom. The first kappa shape index (κ1) is 40.5. The van der Waals surface area contributed by atoms with Gasteiger partial charge in [-0.25, -0.2) is 9.59 Å². The molecular formula is C54H44O6. The van der Waals surface area contributed by atoms with E-state index in [0.717, 1.165) is 67.1 Å². The van der Waals surface area contributed by atoms with E-state index >= 15 is 0 Å². The van der Waals surface area contributed by atoms with Gasteiger partial charge >= 0.3 is 11.9 Å². The molecule has 0 amide bonds. The van der Waals surface area contributed by atoms with E-state index in [1.165, 1.54) is 0 Å². The van der Waals surface area contributed by atoms with Crippen LogP contribution in [0.5, 0.6) is 11.5 Å². The Balaban J connectivity index is 0.000000182. The molecule has 0 fully saturated rings. The van der Waals surface area contributed by atoms with Crippen LogP contribution < -0.4 is 9.47 Å². The van der Waals surface area contributed by atoms with Gasteiger partial charge in [-0.2, -0.15) is 0 Å². The van der Waals surface area contributed by atoms with Crippen LogP contribution >= 0.6 is 0 Å². The van der Waals surface area contributed by atoms with Crippen LogP contribution in [0, 0.1) is 0 Å². The minimum absolute atomic E-state index is 0.269. The fraction of sp³-hybridized carbons (Fsp3) is 0.0741. The summed E-state index contributed by atoms with van der Waals surface area (Å²) in [5.74, 6) is 0.364. The SMILES string of the molecule is CCOC(=O)c1cccc(-c2ccccc2-c2ccccc2OCc2ccccc2)c1.O=C(O)c1cccc(-c2ccccc2-c2ccccc2OCc2ccccc2)c1. The van der Waals surface area contributed by atoms with Gasteiger partial charge in [-0.1, -0.05) is 170 Å². The van der Waals surface area contributed by atoms with Gasteiger partial charge in [0.1, 0.15) is 24.7 Å². The second kappa shape index (κ2) is 20.1. The lowest BCUT2D eigenvalue weighted by Crippen LogP contribution is -2.04. The molecule has 1 N–H and O–H groups in total. The first-order chi connectivity index (χ1) is 29.5. The molecule has 6 nitrogen and oxygen atoms in total. The van der Waals surface area contributed by atoms with Gasteiger partial charge in [0.25, 0.3) is 0 Å². The number of aromatic carboxylic acids is 1. The van der Waals surface area contributed by atoms with Crippen molar-refractivity contribution in [3.05, 3.63) is 229 Å². The third-order valence-corrected chi connectivity index (χ3v) is 9.79. The van der Waals surface area contributed by atoms with E-state index in [-0.39, 0.29) is 11.5 Å². The average molecular weight is 789 g/mol. The summed E-state index contributed by atoms with van der Waals surface area (Å²) in [6.45, 7) is 3.14. The molecule has 0 aromatic heterocycles. The molecule has 60 heavy (non-hydrogen) atoms. The maximum Gasteiger partial charge on any atom is 0.338 e. The largest absolute Gasteiger partial charge is 0.488 e. The molecule has 0 aliphatic rings. The predicted molar refractivity (Wildman–Crippen MR) is 239 cm³/mol. The highest BCUT2D eigenvalue weighted by Crippen LogP contribution is 2.39. The molecule has 6 heteroatoms. The zero-order valence-corrected chi connectivity index (χ0v) is 33.2. The Labute approximate surface area is 350 Å². The summed E-state index contributed by atoms with van der Waals surface area (Å²) in [6, 6.07) is 66.8. The Morgan fingerprint density at radius 3 is 1.25 bits per heavy atom. The first-order valence-electron chi connectivity index (χ1n) is 19.8. The number of esters is 1. The molecule has 0 heterocycles. The van der Waals surface area contributed by atoms with Gasteiger partial charge in [0.2, 0.25) is 0 Å². The number of ether oxygens (including phenoxy) is 3. The average Bonchev–Trinajstić information content (AvgIpc) is 3.31. The van der Waals surface area contributed by atoms with Crippen molar-refractivity contribution in [1.29, 1.82) is 0 Å². The van der Waals surface area contributed by atoms with Crippen molar-refractivity contribution >= 4 is 11.9 Å². The summed E-state index contributed by atoms with van der Waals surface area (Å²) in [5.41, 5.74) is 10.9. The van der Waals surface area contributed by atoms with Crippen molar-refractivity contribution in [2.24, 2.45) is 0 Å². The highest BCUT2D eigenvalue weighted by molar-refractivity contribution is 5.94. The van der Waals surface area contributed by atoms with Crippen LogP contribution in [0.2, 0.25) is 0 Å². The summed E-state index contributed by atoms with van der Waals surface area (Å²) in [7, 11) is 0. The Hall–Kier alpha value is -7.70. The van der Waals surface area contributed by atoms with Gasteiger partial charge in [-0.15, -0.1) is 0 Å². The molecular weight excluding hydrogens is 745 g/mol. The number of hydrogen-bond acceptors (Lipinski definition) is 5. The van der Waals surface area contributed by atoms with Crippen LogP contribution in [0.1, 0.15) is 38.8 Å². The standard InChI is InChI=1S/C28H24O3.C26H20O3/c1-2-30-28(29)23-14-10-13-22(19-23)24-15-6-7-16-25(24)26-17-8-9-18-27(26)31-20-21-11-4-3-5-12-21;27-26(28)21-12-8-11-20(17-21)22-13-4-5-14-23(22)24-15-6-7-16-25(24)29-18-19-9-2-1-3-10-19/h3-19H,2,20H2,1H3;1-17H,18H2,(H,27,28). The summed E-state index contributed by atoms with van der Waals surface area (Å²) >= 11 is 0. The molecule has 0 saturated heterocycles. The van der Waals surface area contributed by atoms with Crippen molar-refractivity contribution in [3.63, 3.8) is 0 Å². The molecule has 0 radical (unpaired) electrons. The fourth-order valence-electron chi connectivity index (χ4n) is 6.89. The highest BCUT2D eigenvalue weighted by atomic mass is 16.5. The van der Waals surface area contributed by atoms with Crippen molar-refractivity contribution in [2.45, 2.75) is 20.1 Å². The van der Waals surface area contributed by atoms with E-state index < -0.39 is 5.97 Å². The van der Waals surface area contributed by atoms with Crippen molar-refractivity contribution in [1.82, 2.24) is 0 Å². The molecule has 0 aliphatic heterocycles. The number of carboxylic acids is 1. The van der Waals surface area contributed by atoms with Crippen molar-refractivity contribution in [3.8, 4) is 56.0 Å².